The third kappa shape index (κ3) is 7.91. The first-order valence-corrected chi connectivity index (χ1v) is 15.1. The number of aryl methyl sites for hydroxylation is 1. The van der Waals surface area contributed by atoms with Crippen LogP contribution in [0.2, 0.25) is 15.1 Å². The van der Waals surface area contributed by atoms with Gasteiger partial charge in [0.2, 0.25) is 11.8 Å². The van der Waals surface area contributed by atoms with Crippen molar-refractivity contribution < 1.29 is 18.0 Å². The van der Waals surface area contributed by atoms with E-state index >= 15 is 0 Å². The largest absolute Gasteiger partial charge is 0.350 e. The summed E-state index contributed by atoms with van der Waals surface area (Å²) in [6.07, 6.45) is 0. The number of anilines is 1. The Labute approximate surface area is 251 Å². The zero-order valence-electron chi connectivity index (χ0n) is 22.9. The van der Waals surface area contributed by atoms with Crippen LogP contribution in [0.4, 0.5) is 5.69 Å². The lowest BCUT2D eigenvalue weighted by molar-refractivity contribution is -0.140. The Morgan fingerprint density at radius 2 is 1.52 bits per heavy atom. The minimum atomic E-state index is -4.27. The van der Waals surface area contributed by atoms with E-state index in [1.807, 2.05) is 27.7 Å². The number of carbonyl (C=O) groups is 2. The van der Waals surface area contributed by atoms with Gasteiger partial charge in [0.05, 0.1) is 20.6 Å². The molecule has 0 unspecified atom stereocenters. The van der Waals surface area contributed by atoms with Crippen molar-refractivity contribution in [2.24, 2.45) is 0 Å². The molecule has 214 valence electrons. The Balaban J connectivity index is 2.08. The molecule has 0 radical (unpaired) electrons. The molecule has 0 saturated heterocycles. The lowest BCUT2D eigenvalue weighted by atomic mass is 10.1. The lowest BCUT2D eigenvalue weighted by Crippen LogP contribution is -2.54. The summed E-state index contributed by atoms with van der Waals surface area (Å²) in [5.41, 5.74) is 1.08. The van der Waals surface area contributed by atoms with Crippen LogP contribution in [0.1, 0.15) is 38.8 Å². The van der Waals surface area contributed by atoms with Crippen LogP contribution in [0.5, 0.6) is 0 Å². The van der Waals surface area contributed by atoms with Crippen LogP contribution in [0.3, 0.4) is 0 Å². The molecule has 1 atom stereocenters. The molecule has 0 aliphatic carbocycles. The van der Waals surface area contributed by atoms with Gasteiger partial charge in [-0.15, -0.1) is 0 Å². The predicted octanol–water partition coefficient (Wildman–Crippen LogP) is 6.48. The molecule has 0 aromatic heterocycles. The number of rotatable bonds is 9. The third-order valence-corrected chi connectivity index (χ3v) is 8.85. The number of halogens is 3. The van der Waals surface area contributed by atoms with Gasteiger partial charge >= 0.3 is 0 Å². The molecule has 0 spiro atoms. The van der Waals surface area contributed by atoms with Crippen LogP contribution in [-0.4, -0.2) is 43.3 Å². The van der Waals surface area contributed by atoms with Crippen molar-refractivity contribution >= 4 is 62.3 Å². The number of hydrogen-bond donors (Lipinski definition) is 1. The Hall–Kier alpha value is -2.78. The second-order valence-electron chi connectivity index (χ2n) is 10.5. The topological polar surface area (TPSA) is 86.8 Å². The molecule has 3 aromatic carbocycles. The summed E-state index contributed by atoms with van der Waals surface area (Å²) in [6.45, 7) is 8.34. The first-order chi connectivity index (χ1) is 18.6. The smallest absolute Gasteiger partial charge is 0.264 e. The molecule has 3 rings (SSSR count). The van der Waals surface area contributed by atoms with Gasteiger partial charge < -0.3 is 10.2 Å². The second kappa shape index (κ2) is 12.8. The van der Waals surface area contributed by atoms with Crippen LogP contribution >= 0.6 is 34.8 Å². The first-order valence-electron chi connectivity index (χ1n) is 12.5. The van der Waals surface area contributed by atoms with E-state index in [0.29, 0.717) is 10.6 Å². The van der Waals surface area contributed by atoms with E-state index in [2.05, 4.69) is 5.32 Å². The van der Waals surface area contributed by atoms with Gasteiger partial charge in [-0.1, -0.05) is 70.7 Å². The zero-order valence-corrected chi connectivity index (χ0v) is 26.0. The molecule has 0 heterocycles. The van der Waals surface area contributed by atoms with Crippen LogP contribution in [-0.2, 0) is 26.2 Å². The average molecular weight is 625 g/mol. The van der Waals surface area contributed by atoms with Crippen molar-refractivity contribution in [2.45, 2.75) is 57.6 Å². The van der Waals surface area contributed by atoms with Crippen LogP contribution < -0.4 is 9.62 Å². The van der Waals surface area contributed by atoms with Gasteiger partial charge in [0.25, 0.3) is 10.0 Å². The molecule has 0 bridgehead atoms. The van der Waals surface area contributed by atoms with Gasteiger partial charge in [-0.05, 0) is 76.6 Å². The molecular weight excluding hydrogens is 593 g/mol. The van der Waals surface area contributed by atoms with Gasteiger partial charge in [0.15, 0.2) is 0 Å². The summed E-state index contributed by atoms with van der Waals surface area (Å²) >= 11 is 18.7. The minimum absolute atomic E-state index is 0.0181. The number of nitrogens with one attached hydrogen (secondary N) is 1. The summed E-state index contributed by atoms with van der Waals surface area (Å²) in [7, 11) is -4.27. The van der Waals surface area contributed by atoms with E-state index in [4.69, 9.17) is 34.8 Å². The maximum atomic E-state index is 14.0. The summed E-state index contributed by atoms with van der Waals surface area (Å²) in [5, 5.41) is 3.52. The molecule has 7 nitrogen and oxygen atoms in total. The number of sulfonamides is 1. The standard InChI is InChI=1S/C29H32Cl3N3O4S/c1-19-9-15-23(16-10-19)40(38,39)35(25-8-6-7-24(31)27(25)32)18-26(36)34(17-21-11-13-22(30)14-12-21)20(2)28(37)33-29(3,4)5/h6-16,20H,17-18H2,1-5H3,(H,33,37)/t20-/m0/s1. The molecule has 40 heavy (non-hydrogen) atoms. The maximum absolute atomic E-state index is 14.0. The molecule has 11 heteroatoms. The van der Waals surface area contributed by atoms with Crippen molar-refractivity contribution in [2.75, 3.05) is 10.8 Å². The molecule has 1 N–H and O–H groups in total. The summed E-state index contributed by atoms with van der Waals surface area (Å²) < 4.78 is 28.8. The van der Waals surface area contributed by atoms with Gasteiger partial charge in [-0.25, -0.2) is 8.42 Å². The molecule has 0 aliphatic rings. The fourth-order valence-corrected chi connectivity index (χ4v) is 5.88. The van der Waals surface area contributed by atoms with E-state index < -0.39 is 34.1 Å². The SMILES string of the molecule is Cc1ccc(S(=O)(=O)N(CC(=O)N(Cc2ccc(Cl)cc2)[C@@H](C)C(=O)NC(C)(C)C)c2cccc(Cl)c2Cl)cc1. The molecule has 2 amide bonds. The number of amides is 2. The molecular formula is C29H32Cl3N3O4S. The van der Waals surface area contributed by atoms with Crippen molar-refractivity contribution in [3.63, 3.8) is 0 Å². The average Bonchev–Trinajstić information content (AvgIpc) is 2.87. The van der Waals surface area contributed by atoms with E-state index in [1.54, 1.807) is 49.4 Å². The van der Waals surface area contributed by atoms with E-state index in [-0.39, 0.29) is 33.1 Å². The van der Waals surface area contributed by atoms with Crippen molar-refractivity contribution in [3.8, 4) is 0 Å². The Bertz CT molecular complexity index is 1470. The van der Waals surface area contributed by atoms with Gasteiger partial charge in [0.1, 0.15) is 12.6 Å². The van der Waals surface area contributed by atoms with Gasteiger partial charge in [-0.2, -0.15) is 0 Å². The minimum Gasteiger partial charge on any atom is -0.350 e. The molecule has 3 aromatic rings. The number of carbonyl (C=O) groups excluding carboxylic acids is 2. The van der Waals surface area contributed by atoms with Crippen molar-refractivity contribution in [1.29, 1.82) is 0 Å². The summed E-state index contributed by atoms with van der Waals surface area (Å²) in [4.78, 5) is 28.4. The Morgan fingerprint density at radius 3 is 2.10 bits per heavy atom. The highest BCUT2D eigenvalue weighted by Gasteiger charge is 2.34. The fraction of sp³-hybridized carbons (Fsp3) is 0.310. The first kappa shape index (κ1) is 31.7. The highest BCUT2D eigenvalue weighted by atomic mass is 35.5. The Kier molecular flexibility index (Phi) is 10.2. The van der Waals surface area contributed by atoms with E-state index in [0.717, 1.165) is 9.87 Å². The van der Waals surface area contributed by atoms with Crippen LogP contribution in [0, 0.1) is 6.92 Å². The van der Waals surface area contributed by atoms with Crippen LogP contribution in [0.15, 0.2) is 71.6 Å². The number of nitrogens with zero attached hydrogens (tertiary/aromatic N) is 2. The fourth-order valence-electron chi connectivity index (χ4n) is 3.88. The van der Waals surface area contributed by atoms with Gasteiger partial charge in [-0.3, -0.25) is 13.9 Å². The van der Waals surface area contributed by atoms with Crippen molar-refractivity contribution in [3.05, 3.63) is 92.9 Å². The molecule has 0 aliphatic heterocycles. The number of benzene rings is 3. The highest BCUT2D eigenvalue weighted by molar-refractivity contribution is 7.92. The summed E-state index contributed by atoms with van der Waals surface area (Å²) in [6, 6.07) is 16.7. The zero-order chi connectivity index (χ0) is 29.8. The van der Waals surface area contributed by atoms with Crippen molar-refractivity contribution in [1.82, 2.24) is 10.2 Å². The van der Waals surface area contributed by atoms with E-state index in [1.165, 1.54) is 29.2 Å². The second-order valence-corrected chi connectivity index (χ2v) is 13.5. The predicted molar refractivity (Wildman–Crippen MR) is 162 cm³/mol. The monoisotopic (exact) mass is 623 g/mol. The quantitative estimate of drug-likeness (QED) is 0.295. The maximum Gasteiger partial charge on any atom is 0.264 e. The number of hydrogen-bond acceptors (Lipinski definition) is 4. The molecule has 0 saturated carbocycles. The Morgan fingerprint density at radius 1 is 0.925 bits per heavy atom. The van der Waals surface area contributed by atoms with E-state index in [9.17, 15) is 18.0 Å². The lowest BCUT2D eigenvalue weighted by Gasteiger charge is -2.33. The van der Waals surface area contributed by atoms with Gasteiger partial charge in [0, 0.05) is 17.1 Å². The highest BCUT2D eigenvalue weighted by Crippen LogP contribution is 2.35. The normalized spacial score (nSPS) is 12.5. The third-order valence-electron chi connectivity index (χ3n) is 6.02. The van der Waals surface area contributed by atoms with Crippen LogP contribution in [0.25, 0.3) is 0 Å². The summed E-state index contributed by atoms with van der Waals surface area (Å²) in [5.74, 6) is -0.998. The molecule has 0 fully saturated rings.